The number of carbonyl (C=O) groups is 2. The smallest absolute Gasteiger partial charge is 0.299 e. The number of fused-ring (bicyclic) bond motifs is 1. The van der Waals surface area contributed by atoms with E-state index in [1.807, 2.05) is 20.0 Å². The van der Waals surface area contributed by atoms with Gasteiger partial charge in [0.05, 0.1) is 33.7 Å². The van der Waals surface area contributed by atoms with Gasteiger partial charge in [0.25, 0.3) is 11.7 Å². The Bertz CT molecular complexity index is 783. The van der Waals surface area contributed by atoms with Gasteiger partial charge in [0.15, 0.2) is 0 Å². The third-order valence-corrected chi connectivity index (χ3v) is 5.03. The number of benzene rings is 1. The number of hydrogen-bond donors (Lipinski definition) is 0. The van der Waals surface area contributed by atoms with E-state index in [9.17, 15) is 9.59 Å². The number of Topliss-reactive ketones (excluding diaryl/α,β-unsaturated/α-hetero) is 1. The lowest BCUT2D eigenvalue weighted by Crippen LogP contribution is -2.30. The number of ketones is 1. The van der Waals surface area contributed by atoms with Crippen LogP contribution in [0.3, 0.4) is 0 Å². The zero-order chi connectivity index (χ0) is 15.3. The highest BCUT2D eigenvalue weighted by Crippen LogP contribution is 2.33. The van der Waals surface area contributed by atoms with Crippen molar-refractivity contribution in [2.45, 2.75) is 13.5 Å². The molecule has 0 fully saturated rings. The molecule has 21 heavy (non-hydrogen) atoms. The van der Waals surface area contributed by atoms with E-state index >= 15 is 0 Å². The maximum Gasteiger partial charge on any atom is 0.299 e. The molecule has 2 heterocycles. The third kappa shape index (κ3) is 2.24. The lowest BCUT2D eigenvalue weighted by Gasteiger charge is -2.17. The molecule has 0 radical (unpaired) electrons. The third-order valence-electron chi connectivity index (χ3n) is 3.50. The van der Waals surface area contributed by atoms with E-state index in [1.165, 1.54) is 4.90 Å². The summed E-state index contributed by atoms with van der Waals surface area (Å²) in [6, 6.07) is 5.28. The Labute approximate surface area is 138 Å². The van der Waals surface area contributed by atoms with E-state index in [1.54, 1.807) is 16.8 Å². The van der Waals surface area contributed by atoms with Gasteiger partial charge in [-0.25, -0.2) is 0 Å². The topological polar surface area (TPSA) is 55.2 Å². The van der Waals surface area contributed by atoms with Crippen LogP contribution in [-0.2, 0) is 18.4 Å². The van der Waals surface area contributed by atoms with Crippen molar-refractivity contribution in [1.82, 2.24) is 9.78 Å². The Balaban J connectivity index is 2.04. The van der Waals surface area contributed by atoms with Gasteiger partial charge in [-0.05, 0) is 41.1 Å². The minimum atomic E-state index is -0.506. The quantitative estimate of drug-likeness (QED) is 0.712. The molecule has 108 valence electrons. The highest BCUT2D eigenvalue weighted by molar-refractivity contribution is 9.10. The van der Waals surface area contributed by atoms with Gasteiger partial charge in [-0.2, -0.15) is 5.10 Å². The number of rotatable bonds is 2. The first-order chi connectivity index (χ1) is 9.90. The van der Waals surface area contributed by atoms with Gasteiger partial charge in [-0.15, -0.1) is 0 Å². The summed E-state index contributed by atoms with van der Waals surface area (Å²) in [5.41, 5.74) is 2.77. The number of aryl methyl sites for hydroxylation is 2. The minimum Gasteiger partial charge on any atom is -0.299 e. The van der Waals surface area contributed by atoms with Crippen molar-refractivity contribution >= 4 is 49.2 Å². The van der Waals surface area contributed by atoms with Gasteiger partial charge in [-0.1, -0.05) is 15.9 Å². The van der Waals surface area contributed by atoms with Crippen LogP contribution >= 0.6 is 31.9 Å². The van der Waals surface area contributed by atoms with E-state index in [0.717, 1.165) is 20.3 Å². The molecule has 2 aromatic rings. The molecule has 0 bridgehead atoms. The summed E-state index contributed by atoms with van der Waals surface area (Å²) in [6.45, 7) is 2.19. The molecule has 0 N–H and O–H groups in total. The van der Waals surface area contributed by atoms with Gasteiger partial charge >= 0.3 is 0 Å². The summed E-state index contributed by atoms with van der Waals surface area (Å²) in [5, 5.41) is 4.31. The number of anilines is 1. The average Bonchev–Trinajstić information content (AvgIpc) is 2.81. The monoisotopic (exact) mass is 411 g/mol. The van der Waals surface area contributed by atoms with Crippen molar-refractivity contribution in [3.63, 3.8) is 0 Å². The van der Waals surface area contributed by atoms with Crippen molar-refractivity contribution in [3.05, 3.63) is 44.1 Å². The lowest BCUT2D eigenvalue weighted by molar-refractivity contribution is -0.114. The number of aromatic nitrogens is 2. The maximum atomic E-state index is 12.2. The van der Waals surface area contributed by atoms with Gasteiger partial charge in [0.1, 0.15) is 0 Å². The number of nitrogens with zero attached hydrogens (tertiary/aromatic N) is 3. The zero-order valence-corrected chi connectivity index (χ0v) is 14.5. The van der Waals surface area contributed by atoms with Crippen LogP contribution < -0.4 is 4.90 Å². The van der Waals surface area contributed by atoms with Gasteiger partial charge in [-0.3, -0.25) is 19.2 Å². The van der Waals surface area contributed by atoms with Gasteiger partial charge in [0.2, 0.25) is 0 Å². The Kier molecular flexibility index (Phi) is 3.49. The van der Waals surface area contributed by atoms with Crippen molar-refractivity contribution in [3.8, 4) is 0 Å². The fraction of sp³-hybridized carbons (Fsp3) is 0.214. The summed E-state index contributed by atoms with van der Waals surface area (Å²) < 4.78 is 3.35. The maximum absolute atomic E-state index is 12.2. The molecule has 0 saturated heterocycles. The van der Waals surface area contributed by atoms with Crippen LogP contribution in [0.25, 0.3) is 0 Å². The molecule has 0 unspecified atom stereocenters. The van der Waals surface area contributed by atoms with Crippen LogP contribution in [0.1, 0.15) is 21.7 Å². The standard InChI is InChI=1S/C14H11Br2N3O2/c1-7-12(16)11(18(2)17-7)6-19-10-4-3-8(15)5-9(10)13(20)14(19)21/h3-5H,6H2,1-2H3. The fourth-order valence-electron chi connectivity index (χ4n) is 2.43. The molecule has 1 aromatic carbocycles. The lowest BCUT2D eigenvalue weighted by atomic mass is 10.1. The molecular weight excluding hydrogens is 402 g/mol. The van der Waals surface area contributed by atoms with Crippen molar-refractivity contribution in [1.29, 1.82) is 0 Å². The number of amides is 1. The molecular formula is C14H11Br2N3O2. The molecule has 0 aliphatic carbocycles. The molecule has 1 aromatic heterocycles. The van der Waals surface area contributed by atoms with Crippen molar-refractivity contribution < 1.29 is 9.59 Å². The largest absolute Gasteiger partial charge is 0.299 e. The summed E-state index contributed by atoms with van der Waals surface area (Å²) >= 11 is 6.80. The van der Waals surface area contributed by atoms with Gasteiger partial charge in [0, 0.05) is 11.5 Å². The predicted molar refractivity (Wildman–Crippen MR) is 85.3 cm³/mol. The molecule has 5 nitrogen and oxygen atoms in total. The second-order valence-corrected chi connectivity index (χ2v) is 6.56. The van der Waals surface area contributed by atoms with E-state index in [2.05, 4.69) is 37.0 Å². The van der Waals surface area contributed by atoms with E-state index in [4.69, 9.17) is 0 Å². The second-order valence-electron chi connectivity index (χ2n) is 4.85. The van der Waals surface area contributed by atoms with Crippen LogP contribution in [0.2, 0.25) is 0 Å². The summed E-state index contributed by atoms with van der Waals surface area (Å²) in [5.74, 6) is -0.977. The summed E-state index contributed by atoms with van der Waals surface area (Å²) in [6.07, 6.45) is 0. The normalized spacial score (nSPS) is 14.0. The molecule has 1 aliphatic heterocycles. The Morgan fingerprint density at radius 1 is 1.24 bits per heavy atom. The van der Waals surface area contributed by atoms with Crippen LogP contribution in [0.5, 0.6) is 0 Å². The van der Waals surface area contributed by atoms with Crippen LogP contribution in [0.15, 0.2) is 27.1 Å². The molecule has 1 amide bonds. The number of hydrogen-bond acceptors (Lipinski definition) is 3. The number of halogens is 2. The van der Waals surface area contributed by atoms with Gasteiger partial charge < -0.3 is 0 Å². The molecule has 1 aliphatic rings. The first-order valence-corrected chi connectivity index (χ1v) is 7.82. The highest BCUT2D eigenvalue weighted by Gasteiger charge is 2.36. The second kappa shape index (κ2) is 5.06. The average molecular weight is 413 g/mol. The van der Waals surface area contributed by atoms with Crippen LogP contribution in [0.4, 0.5) is 5.69 Å². The molecule has 3 rings (SSSR count). The zero-order valence-electron chi connectivity index (χ0n) is 11.4. The molecule has 7 heteroatoms. The number of carbonyl (C=O) groups excluding carboxylic acids is 2. The van der Waals surface area contributed by atoms with Crippen LogP contribution in [0, 0.1) is 6.92 Å². The van der Waals surface area contributed by atoms with Crippen LogP contribution in [-0.4, -0.2) is 21.5 Å². The Hall–Kier alpha value is -1.47. The first kappa shape index (κ1) is 14.5. The van der Waals surface area contributed by atoms with E-state index in [0.29, 0.717) is 17.8 Å². The fourth-order valence-corrected chi connectivity index (χ4v) is 3.25. The van der Waals surface area contributed by atoms with Crippen molar-refractivity contribution in [2.24, 2.45) is 7.05 Å². The molecule has 0 spiro atoms. The van der Waals surface area contributed by atoms with Crippen molar-refractivity contribution in [2.75, 3.05) is 4.90 Å². The summed E-state index contributed by atoms with van der Waals surface area (Å²) in [7, 11) is 1.82. The van der Waals surface area contributed by atoms with E-state index < -0.39 is 11.7 Å². The molecule has 0 saturated carbocycles. The first-order valence-electron chi connectivity index (χ1n) is 6.24. The molecule has 0 atom stereocenters. The SMILES string of the molecule is Cc1nn(C)c(CN2C(=O)C(=O)c3cc(Br)ccc32)c1Br. The minimum absolute atomic E-state index is 0.303. The highest BCUT2D eigenvalue weighted by atomic mass is 79.9. The Morgan fingerprint density at radius 3 is 2.57 bits per heavy atom. The Morgan fingerprint density at radius 2 is 1.95 bits per heavy atom. The predicted octanol–water partition coefficient (Wildman–Crippen LogP) is 2.98. The summed E-state index contributed by atoms with van der Waals surface area (Å²) in [4.78, 5) is 25.8. The van der Waals surface area contributed by atoms with E-state index in [-0.39, 0.29) is 0 Å².